The lowest BCUT2D eigenvalue weighted by Gasteiger charge is -2.20. The van der Waals surface area contributed by atoms with Gasteiger partial charge in [0.2, 0.25) is 0 Å². The first-order valence-corrected chi connectivity index (χ1v) is 7.80. The Labute approximate surface area is 126 Å². The SMILES string of the molecule is CNCc1cc(Cl)c(OC2CCCCCC2)c(OC)c1. The molecule has 112 valence electrons. The highest BCUT2D eigenvalue weighted by atomic mass is 35.5. The molecule has 0 saturated heterocycles. The van der Waals surface area contributed by atoms with Crippen LogP contribution in [0.15, 0.2) is 12.1 Å². The molecule has 0 spiro atoms. The van der Waals surface area contributed by atoms with Crippen molar-refractivity contribution < 1.29 is 9.47 Å². The van der Waals surface area contributed by atoms with Gasteiger partial charge in [-0.1, -0.05) is 24.4 Å². The minimum Gasteiger partial charge on any atom is -0.493 e. The average Bonchev–Trinajstić information content (AvgIpc) is 2.70. The zero-order valence-electron chi connectivity index (χ0n) is 12.4. The molecule has 1 saturated carbocycles. The van der Waals surface area contributed by atoms with Crippen molar-refractivity contribution in [3.63, 3.8) is 0 Å². The molecule has 0 bridgehead atoms. The standard InChI is InChI=1S/C16H24ClNO2/c1-18-11-12-9-14(17)16(15(10-12)19-2)20-13-7-5-3-4-6-8-13/h9-10,13,18H,3-8,11H2,1-2H3. The van der Waals surface area contributed by atoms with Gasteiger partial charge in [-0.15, -0.1) is 0 Å². The summed E-state index contributed by atoms with van der Waals surface area (Å²) >= 11 is 6.38. The Morgan fingerprint density at radius 3 is 2.50 bits per heavy atom. The molecule has 4 heteroatoms. The molecule has 3 nitrogen and oxygen atoms in total. The summed E-state index contributed by atoms with van der Waals surface area (Å²) in [6, 6.07) is 3.95. The molecule has 0 aliphatic heterocycles. The normalized spacial score (nSPS) is 16.8. The number of methoxy groups -OCH3 is 1. The van der Waals surface area contributed by atoms with Crippen LogP contribution in [0.25, 0.3) is 0 Å². The molecular weight excluding hydrogens is 274 g/mol. The maximum atomic E-state index is 6.38. The minimum absolute atomic E-state index is 0.263. The van der Waals surface area contributed by atoms with E-state index in [2.05, 4.69) is 5.32 Å². The van der Waals surface area contributed by atoms with Crippen LogP contribution in [0.5, 0.6) is 11.5 Å². The van der Waals surface area contributed by atoms with Crippen molar-refractivity contribution in [2.24, 2.45) is 0 Å². The average molecular weight is 298 g/mol. The number of ether oxygens (including phenoxy) is 2. The van der Waals surface area contributed by atoms with E-state index in [1.165, 1.54) is 25.7 Å². The molecule has 1 N–H and O–H groups in total. The van der Waals surface area contributed by atoms with E-state index in [0.29, 0.717) is 10.8 Å². The lowest BCUT2D eigenvalue weighted by atomic mass is 10.1. The van der Waals surface area contributed by atoms with E-state index in [9.17, 15) is 0 Å². The van der Waals surface area contributed by atoms with Crippen LogP contribution in [0.2, 0.25) is 5.02 Å². The largest absolute Gasteiger partial charge is 0.493 e. The van der Waals surface area contributed by atoms with Crippen LogP contribution in [0.1, 0.15) is 44.1 Å². The second-order valence-electron chi connectivity index (χ2n) is 5.37. The van der Waals surface area contributed by atoms with Crippen molar-refractivity contribution in [1.29, 1.82) is 0 Å². The van der Waals surface area contributed by atoms with Gasteiger partial charge < -0.3 is 14.8 Å². The van der Waals surface area contributed by atoms with Gasteiger partial charge in [0.1, 0.15) is 0 Å². The molecule has 1 aliphatic rings. The minimum atomic E-state index is 0.263. The van der Waals surface area contributed by atoms with E-state index in [1.807, 2.05) is 19.2 Å². The summed E-state index contributed by atoms with van der Waals surface area (Å²) in [5.74, 6) is 1.42. The van der Waals surface area contributed by atoms with Crippen molar-refractivity contribution in [2.45, 2.75) is 51.2 Å². The van der Waals surface area contributed by atoms with Crippen LogP contribution < -0.4 is 14.8 Å². The Hall–Kier alpha value is -0.930. The Morgan fingerprint density at radius 1 is 1.20 bits per heavy atom. The van der Waals surface area contributed by atoms with E-state index in [1.54, 1.807) is 7.11 Å². The molecular formula is C16H24ClNO2. The molecule has 0 radical (unpaired) electrons. The highest BCUT2D eigenvalue weighted by Gasteiger charge is 2.19. The maximum absolute atomic E-state index is 6.38. The molecule has 0 atom stereocenters. The van der Waals surface area contributed by atoms with Gasteiger partial charge in [0, 0.05) is 6.54 Å². The molecule has 0 aromatic heterocycles. The first-order valence-electron chi connectivity index (χ1n) is 7.42. The van der Waals surface area contributed by atoms with Crippen LogP contribution in [0, 0.1) is 0 Å². The number of hydrogen-bond donors (Lipinski definition) is 1. The monoisotopic (exact) mass is 297 g/mol. The molecule has 0 heterocycles. The highest BCUT2D eigenvalue weighted by Crippen LogP contribution is 2.38. The molecule has 1 aromatic rings. The van der Waals surface area contributed by atoms with Gasteiger partial charge in [-0.05, 0) is 50.4 Å². The zero-order valence-corrected chi connectivity index (χ0v) is 13.1. The molecule has 0 unspecified atom stereocenters. The molecule has 0 amide bonds. The van der Waals surface area contributed by atoms with Gasteiger partial charge in [-0.25, -0.2) is 0 Å². The summed E-state index contributed by atoms with van der Waals surface area (Å²) in [5.41, 5.74) is 1.10. The summed E-state index contributed by atoms with van der Waals surface area (Å²) in [6.45, 7) is 0.764. The van der Waals surface area contributed by atoms with Crippen molar-refractivity contribution >= 4 is 11.6 Å². The molecule has 1 aliphatic carbocycles. The number of rotatable bonds is 5. The van der Waals surface area contributed by atoms with Gasteiger partial charge in [0.25, 0.3) is 0 Å². The van der Waals surface area contributed by atoms with Gasteiger partial charge in [-0.2, -0.15) is 0 Å². The second kappa shape index (κ2) is 7.75. The number of halogens is 1. The van der Waals surface area contributed by atoms with Crippen LogP contribution in [0.3, 0.4) is 0 Å². The van der Waals surface area contributed by atoms with Gasteiger partial charge in [0.15, 0.2) is 11.5 Å². The zero-order chi connectivity index (χ0) is 14.4. The highest BCUT2D eigenvalue weighted by molar-refractivity contribution is 6.32. The molecule has 2 rings (SSSR count). The Kier molecular flexibility index (Phi) is 5.99. The smallest absolute Gasteiger partial charge is 0.180 e. The van der Waals surface area contributed by atoms with Gasteiger partial charge in [0.05, 0.1) is 18.2 Å². The summed E-state index contributed by atoms with van der Waals surface area (Å²) in [7, 11) is 3.57. The lowest BCUT2D eigenvalue weighted by molar-refractivity contribution is 0.176. The van der Waals surface area contributed by atoms with Crippen LogP contribution in [-0.2, 0) is 6.54 Å². The predicted molar refractivity (Wildman–Crippen MR) is 82.9 cm³/mol. The first kappa shape index (κ1) is 15.5. The maximum Gasteiger partial charge on any atom is 0.180 e. The van der Waals surface area contributed by atoms with Crippen LogP contribution in [0.4, 0.5) is 0 Å². The Morgan fingerprint density at radius 2 is 1.90 bits per heavy atom. The fourth-order valence-corrected chi connectivity index (χ4v) is 3.00. The van der Waals surface area contributed by atoms with Gasteiger partial charge in [-0.3, -0.25) is 0 Å². The number of benzene rings is 1. The fourth-order valence-electron chi connectivity index (χ4n) is 2.72. The lowest BCUT2D eigenvalue weighted by Crippen LogP contribution is -2.16. The quantitative estimate of drug-likeness (QED) is 0.828. The van der Waals surface area contributed by atoms with E-state index in [-0.39, 0.29) is 6.10 Å². The number of nitrogens with one attached hydrogen (secondary N) is 1. The van der Waals surface area contributed by atoms with E-state index in [4.69, 9.17) is 21.1 Å². The van der Waals surface area contributed by atoms with Crippen LogP contribution >= 0.6 is 11.6 Å². The molecule has 20 heavy (non-hydrogen) atoms. The van der Waals surface area contributed by atoms with Crippen molar-refractivity contribution in [2.75, 3.05) is 14.2 Å². The molecule has 1 fully saturated rings. The number of hydrogen-bond acceptors (Lipinski definition) is 3. The van der Waals surface area contributed by atoms with Crippen molar-refractivity contribution in [1.82, 2.24) is 5.32 Å². The Bertz CT molecular complexity index is 429. The van der Waals surface area contributed by atoms with Gasteiger partial charge >= 0.3 is 0 Å². The second-order valence-corrected chi connectivity index (χ2v) is 5.78. The third-order valence-electron chi connectivity index (χ3n) is 3.76. The molecule has 1 aromatic carbocycles. The van der Waals surface area contributed by atoms with Crippen molar-refractivity contribution in [3.8, 4) is 11.5 Å². The Balaban J connectivity index is 2.16. The van der Waals surface area contributed by atoms with Crippen molar-refractivity contribution in [3.05, 3.63) is 22.7 Å². The van der Waals surface area contributed by atoms with Crippen LogP contribution in [-0.4, -0.2) is 20.3 Å². The fraction of sp³-hybridized carbons (Fsp3) is 0.625. The first-order chi connectivity index (χ1) is 9.74. The predicted octanol–water partition coefficient (Wildman–Crippen LogP) is 4.17. The van der Waals surface area contributed by atoms with E-state index < -0.39 is 0 Å². The summed E-state index contributed by atoms with van der Waals surface area (Å²) < 4.78 is 11.6. The topological polar surface area (TPSA) is 30.5 Å². The third kappa shape index (κ3) is 4.03. The van der Waals surface area contributed by atoms with E-state index in [0.717, 1.165) is 30.7 Å². The van der Waals surface area contributed by atoms with E-state index >= 15 is 0 Å². The summed E-state index contributed by atoms with van der Waals surface area (Å²) in [4.78, 5) is 0. The third-order valence-corrected chi connectivity index (χ3v) is 4.04. The summed E-state index contributed by atoms with van der Waals surface area (Å²) in [5, 5.41) is 3.75. The summed E-state index contributed by atoms with van der Waals surface area (Å²) in [6.07, 6.45) is 7.58.